The van der Waals surface area contributed by atoms with Gasteiger partial charge in [-0.2, -0.15) is 5.26 Å². The van der Waals surface area contributed by atoms with Crippen LogP contribution in [-0.4, -0.2) is 44.9 Å². The number of nitriles is 1. The summed E-state index contributed by atoms with van der Waals surface area (Å²) in [5.41, 5.74) is 1.14. The number of hydrogen-bond acceptors (Lipinski definition) is 5. The van der Waals surface area contributed by atoms with Gasteiger partial charge in [-0.05, 0) is 17.7 Å². The molecule has 0 amide bonds. The van der Waals surface area contributed by atoms with Gasteiger partial charge in [-0.25, -0.2) is 0 Å². The molecule has 1 atom stereocenters. The molecule has 1 saturated heterocycles. The molecule has 1 aliphatic heterocycles. The van der Waals surface area contributed by atoms with E-state index in [-0.39, 0.29) is 6.10 Å². The third-order valence-electron chi connectivity index (χ3n) is 3.15. The first-order valence-electron chi connectivity index (χ1n) is 6.21. The summed E-state index contributed by atoms with van der Waals surface area (Å²) in [6.07, 6.45) is -0.325. The van der Waals surface area contributed by atoms with E-state index < -0.39 is 0 Å². The van der Waals surface area contributed by atoms with Crippen LogP contribution in [0.25, 0.3) is 0 Å². The van der Waals surface area contributed by atoms with Crippen molar-refractivity contribution < 1.29 is 14.2 Å². The van der Waals surface area contributed by atoms with E-state index in [1.807, 2.05) is 18.2 Å². The first kappa shape index (κ1) is 13.7. The van der Waals surface area contributed by atoms with Gasteiger partial charge < -0.3 is 14.2 Å². The van der Waals surface area contributed by atoms with Gasteiger partial charge in [0, 0.05) is 19.6 Å². The van der Waals surface area contributed by atoms with Gasteiger partial charge in [0.15, 0.2) is 17.6 Å². The number of rotatable bonds is 4. The fourth-order valence-electron chi connectivity index (χ4n) is 2.16. The maximum absolute atomic E-state index is 8.89. The van der Waals surface area contributed by atoms with Crippen molar-refractivity contribution in [3.8, 4) is 17.6 Å². The average Bonchev–Trinajstić information content (AvgIpc) is 2.47. The normalized spacial score (nSPS) is 19.7. The second-order valence-electron chi connectivity index (χ2n) is 4.41. The largest absolute Gasteiger partial charge is 0.493 e. The van der Waals surface area contributed by atoms with Crippen LogP contribution in [-0.2, 0) is 11.3 Å². The van der Waals surface area contributed by atoms with Crippen LogP contribution in [0.2, 0.25) is 0 Å². The highest BCUT2D eigenvalue weighted by Gasteiger charge is 2.20. The molecule has 0 aliphatic carbocycles. The minimum atomic E-state index is -0.325. The first-order chi connectivity index (χ1) is 9.26. The Morgan fingerprint density at radius 2 is 2.16 bits per heavy atom. The zero-order valence-electron chi connectivity index (χ0n) is 11.3. The van der Waals surface area contributed by atoms with E-state index >= 15 is 0 Å². The summed E-state index contributed by atoms with van der Waals surface area (Å²) in [7, 11) is 3.25. The van der Waals surface area contributed by atoms with Crippen molar-refractivity contribution in [3.63, 3.8) is 0 Å². The Balaban J connectivity index is 2.05. The number of benzene rings is 1. The van der Waals surface area contributed by atoms with E-state index in [0.717, 1.165) is 30.2 Å². The molecular formula is C14H18N2O3. The lowest BCUT2D eigenvalue weighted by molar-refractivity contribution is -0.00271. The molecule has 0 radical (unpaired) electrons. The van der Waals surface area contributed by atoms with E-state index in [4.69, 9.17) is 19.5 Å². The Morgan fingerprint density at radius 1 is 1.37 bits per heavy atom. The highest BCUT2D eigenvalue weighted by molar-refractivity contribution is 5.42. The summed E-state index contributed by atoms with van der Waals surface area (Å²) in [6, 6.07) is 8.03. The topological polar surface area (TPSA) is 54.7 Å². The highest BCUT2D eigenvalue weighted by Crippen LogP contribution is 2.28. The second-order valence-corrected chi connectivity index (χ2v) is 4.41. The molecule has 0 N–H and O–H groups in total. The highest BCUT2D eigenvalue weighted by atomic mass is 16.5. The Morgan fingerprint density at radius 3 is 2.84 bits per heavy atom. The van der Waals surface area contributed by atoms with Gasteiger partial charge in [0.25, 0.3) is 0 Å². The van der Waals surface area contributed by atoms with Gasteiger partial charge in [0.2, 0.25) is 0 Å². The third-order valence-corrected chi connectivity index (χ3v) is 3.15. The molecule has 1 fully saturated rings. The molecule has 5 nitrogen and oxygen atoms in total. The predicted octanol–water partition coefficient (Wildman–Crippen LogP) is 1.43. The van der Waals surface area contributed by atoms with Crippen molar-refractivity contribution >= 4 is 0 Å². The summed E-state index contributed by atoms with van der Waals surface area (Å²) in [4.78, 5) is 2.21. The monoisotopic (exact) mass is 262 g/mol. The van der Waals surface area contributed by atoms with E-state index in [2.05, 4.69) is 11.0 Å². The van der Waals surface area contributed by atoms with Crippen molar-refractivity contribution in [3.05, 3.63) is 23.8 Å². The maximum atomic E-state index is 8.89. The molecule has 0 aromatic heterocycles. The van der Waals surface area contributed by atoms with Crippen LogP contribution < -0.4 is 9.47 Å². The van der Waals surface area contributed by atoms with Crippen LogP contribution in [0.15, 0.2) is 18.2 Å². The van der Waals surface area contributed by atoms with Crippen LogP contribution in [0, 0.1) is 11.3 Å². The molecule has 1 aromatic carbocycles. The van der Waals surface area contributed by atoms with Crippen LogP contribution in [0.5, 0.6) is 11.5 Å². The van der Waals surface area contributed by atoms with Gasteiger partial charge in [-0.3, -0.25) is 4.90 Å². The van der Waals surface area contributed by atoms with Crippen LogP contribution in [0.4, 0.5) is 0 Å². The molecule has 0 bridgehead atoms. The number of nitrogens with zero attached hydrogens (tertiary/aromatic N) is 2. The predicted molar refractivity (Wildman–Crippen MR) is 70.2 cm³/mol. The number of ether oxygens (including phenoxy) is 3. The molecule has 5 heteroatoms. The van der Waals surface area contributed by atoms with Gasteiger partial charge in [-0.1, -0.05) is 6.07 Å². The minimum Gasteiger partial charge on any atom is -0.493 e. The van der Waals surface area contributed by atoms with Crippen molar-refractivity contribution in [1.29, 1.82) is 5.26 Å². The lowest BCUT2D eigenvalue weighted by Gasteiger charge is -2.29. The molecular weight excluding hydrogens is 244 g/mol. The SMILES string of the molecule is COc1ccc(CN2CCOC(C#N)C2)cc1OC. The fraction of sp³-hybridized carbons (Fsp3) is 0.500. The summed E-state index contributed by atoms with van der Waals surface area (Å²) >= 11 is 0. The van der Waals surface area contributed by atoms with Crippen LogP contribution >= 0.6 is 0 Å². The zero-order chi connectivity index (χ0) is 13.7. The van der Waals surface area contributed by atoms with Crippen molar-refractivity contribution in [1.82, 2.24) is 4.90 Å². The first-order valence-corrected chi connectivity index (χ1v) is 6.21. The number of morpholine rings is 1. The van der Waals surface area contributed by atoms with Crippen molar-refractivity contribution in [2.24, 2.45) is 0 Å². The maximum Gasteiger partial charge on any atom is 0.161 e. The molecule has 1 aliphatic rings. The van der Waals surface area contributed by atoms with Crippen molar-refractivity contribution in [2.75, 3.05) is 33.9 Å². The minimum absolute atomic E-state index is 0.325. The van der Waals surface area contributed by atoms with E-state index in [0.29, 0.717) is 13.2 Å². The number of methoxy groups -OCH3 is 2. The molecule has 1 aromatic rings. The second kappa shape index (κ2) is 6.41. The third kappa shape index (κ3) is 3.37. The van der Waals surface area contributed by atoms with Crippen LogP contribution in [0.1, 0.15) is 5.56 Å². The van der Waals surface area contributed by atoms with Gasteiger partial charge >= 0.3 is 0 Å². The summed E-state index contributed by atoms with van der Waals surface area (Å²) in [5.74, 6) is 1.45. The number of hydrogen-bond donors (Lipinski definition) is 0. The van der Waals surface area contributed by atoms with E-state index in [1.54, 1.807) is 14.2 Å². The van der Waals surface area contributed by atoms with Crippen molar-refractivity contribution in [2.45, 2.75) is 12.6 Å². The lowest BCUT2D eigenvalue weighted by atomic mass is 10.1. The Kier molecular flexibility index (Phi) is 4.61. The molecule has 102 valence electrons. The van der Waals surface area contributed by atoms with Crippen LogP contribution in [0.3, 0.4) is 0 Å². The quantitative estimate of drug-likeness (QED) is 0.821. The molecule has 19 heavy (non-hydrogen) atoms. The molecule has 0 saturated carbocycles. The standard InChI is InChI=1S/C14H18N2O3/c1-17-13-4-3-11(7-14(13)18-2)9-16-5-6-19-12(8-15)10-16/h3-4,7,12H,5-6,9-10H2,1-2H3. The molecule has 0 spiro atoms. The Bertz CT molecular complexity index is 470. The Labute approximate surface area is 113 Å². The van der Waals surface area contributed by atoms with E-state index in [1.165, 1.54) is 0 Å². The Hall–Kier alpha value is -1.77. The smallest absolute Gasteiger partial charge is 0.161 e. The van der Waals surface area contributed by atoms with Gasteiger partial charge in [0.05, 0.1) is 26.9 Å². The summed E-state index contributed by atoms with van der Waals surface area (Å²) in [5, 5.41) is 8.89. The molecule has 1 unspecified atom stereocenters. The molecule has 2 rings (SSSR count). The lowest BCUT2D eigenvalue weighted by Crippen LogP contribution is -2.41. The van der Waals surface area contributed by atoms with E-state index in [9.17, 15) is 0 Å². The van der Waals surface area contributed by atoms with Gasteiger partial charge in [0.1, 0.15) is 0 Å². The average molecular weight is 262 g/mol. The fourth-order valence-corrected chi connectivity index (χ4v) is 2.16. The zero-order valence-corrected chi connectivity index (χ0v) is 11.3. The molecule has 1 heterocycles. The summed E-state index contributed by atoms with van der Waals surface area (Å²) < 4.78 is 15.8. The van der Waals surface area contributed by atoms with Gasteiger partial charge in [-0.15, -0.1) is 0 Å². The summed E-state index contributed by atoms with van der Waals surface area (Å²) in [6.45, 7) is 2.87.